The maximum absolute atomic E-state index is 12.0. The first-order valence-corrected chi connectivity index (χ1v) is 9.92. The van der Waals surface area contributed by atoms with Gasteiger partial charge in [0.25, 0.3) is 5.24 Å². The first-order chi connectivity index (χ1) is 14.1. The van der Waals surface area contributed by atoms with Gasteiger partial charge in [-0.05, 0) is 29.8 Å². The van der Waals surface area contributed by atoms with Gasteiger partial charge in [0.15, 0.2) is 11.5 Å². The molecule has 1 aliphatic heterocycles. The summed E-state index contributed by atoms with van der Waals surface area (Å²) in [5.74, 6) is 1.26. The minimum Gasteiger partial charge on any atom is -0.493 e. The van der Waals surface area contributed by atoms with E-state index in [4.69, 9.17) is 9.47 Å². The Kier molecular flexibility index (Phi) is 6.96. The van der Waals surface area contributed by atoms with Crippen molar-refractivity contribution in [2.45, 2.75) is 6.54 Å². The van der Waals surface area contributed by atoms with Crippen molar-refractivity contribution < 1.29 is 23.9 Å². The molecule has 1 aliphatic rings. The lowest BCUT2D eigenvalue weighted by molar-refractivity contribution is -0.125. The minimum absolute atomic E-state index is 0.183. The largest absolute Gasteiger partial charge is 0.493 e. The number of nitrogens with zero attached hydrogens (tertiary/aromatic N) is 1. The summed E-state index contributed by atoms with van der Waals surface area (Å²) in [5, 5.41) is 5.20. The molecule has 2 N–H and O–H groups in total. The van der Waals surface area contributed by atoms with Crippen molar-refractivity contribution in [2.75, 3.05) is 31.3 Å². The van der Waals surface area contributed by atoms with E-state index >= 15 is 0 Å². The van der Waals surface area contributed by atoms with Crippen molar-refractivity contribution in [3.05, 3.63) is 54.1 Å². The average Bonchev–Trinajstić information content (AvgIpc) is 3.05. The second kappa shape index (κ2) is 9.83. The van der Waals surface area contributed by atoms with E-state index in [-0.39, 0.29) is 29.5 Å². The molecule has 3 rings (SSSR count). The molecule has 8 nitrogen and oxygen atoms in total. The number of ether oxygens (including phenoxy) is 2. The van der Waals surface area contributed by atoms with Gasteiger partial charge in [-0.1, -0.05) is 36.0 Å². The summed E-state index contributed by atoms with van der Waals surface area (Å²) in [7, 11) is 1.57. The van der Waals surface area contributed by atoms with Gasteiger partial charge in [0.2, 0.25) is 5.91 Å². The third kappa shape index (κ3) is 5.64. The van der Waals surface area contributed by atoms with Crippen molar-refractivity contribution >= 4 is 34.6 Å². The van der Waals surface area contributed by atoms with Crippen LogP contribution < -0.4 is 20.1 Å². The number of benzene rings is 2. The molecule has 0 atom stereocenters. The van der Waals surface area contributed by atoms with Crippen LogP contribution in [0.25, 0.3) is 0 Å². The van der Waals surface area contributed by atoms with Gasteiger partial charge in [0.1, 0.15) is 6.61 Å². The van der Waals surface area contributed by atoms with E-state index in [1.54, 1.807) is 43.5 Å². The highest BCUT2D eigenvalue weighted by Gasteiger charge is 2.29. The molecule has 0 saturated carbocycles. The molecule has 9 heteroatoms. The zero-order chi connectivity index (χ0) is 20.6. The number of thioether (sulfide) groups is 1. The molecule has 1 saturated heterocycles. The van der Waals surface area contributed by atoms with Gasteiger partial charge in [-0.2, -0.15) is 0 Å². The van der Waals surface area contributed by atoms with Crippen LogP contribution in [-0.4, -0.2) is 48.1 Å². The highest BCUT2D eigenvalue weighted by molar-refractivity contribution is 8.14. The van der Waals surface area contributed by atoms with Crippen molar-refractivity contribution in [3.63, 3.8) is 0 Å². The lowest BCUT2D eigenvalue weighted by atomic mass is 10.2. The van der Waals surface area contributed by atoms with E-state index in [1.165, 1.54) is 4.90 Å². The van der Waals surface area contributed by atoms with Crippen LogP contribution >= 0.6 is 11.8 Å². The molecule has 0 spiro atoms. The van der Waals surface area contributed by atoms with Crippen molar-refractivity contribution in [2.24, 2.45) is 0 Å². The molecule has 0 radical (unpaired) electrons. The lowest BCUT2D eigenvalue weighted by Gasteiger charge is -2.13. The number of rotatable bonds is 8. The average molecular weight is 415 g/mol. The van der Waals surface area contributed by atoms with E-state index in [2.05, 4.69) is 10.6 Å². The number of methoxy groups -OCH3 is 1. The van der Waals surface area contributed by atoms with E-state index in [0.29, 0.717) is 30.3 Å². The molecule has 0 aromatic heterocycles. The lowest BCUT2D eigenvalue weighted by Crippen LogP contribution is -2.32. The quantitative estimate of drug-likeness (QED) is 0.643. The van der Waals surface area contributed by atoms with Crippen molar-refractivity contribution in [1.82, 2.24) is 10.2 Å². The predicted octanol–water partition coefficient (Wildman–Crippen LogP) is 3.09. The number of para-hydroxylation sites is 2. The fraction of sp³-hybridized carbons (Fsp3) is 0.250. The molecule has 1 heterocycles. The maximum atomic E-state index is 12.0. The number of amides is 4. The summed E-state index contributed by atoms with van der Waals surface area (Å²) >= 11 is 1.01. The zero-order valence-corrected chi connectivity index (χ0v) is 16.7. The van der Waals surface area contributed by atoms with Gasteiger partial charge < -0.3 is 20.1 Å². The number of urea groups is 1. The van der Waals surface area contributed by atoms with E-state index < -0.39 is 0 Å². The number of carbonyl (C=O) groups excluding carboxylic acids is 3. The van der Waals surface area contributed by atoms with Gasteiger partial charge in [-0.25, -0.2) is 4.79 Å². The minimum atomic E-state index is -0.359. The van der Waals surface area contributed by atoms with Gasteiger partial charge in [-0.15, -0.1) is 0 Å². The van der Waals surface area contributed by atoms with Gasteiger partial charge >= 0.3 is 6.03 Å². The second-order valence-electron chi connectivity index (χ2n) is 6.11. The third-order valence-corrected chi connectivity index (χ3v) is 4.97. The second-order valence-corrected chi connectivity index (χ2v) is 7.04. The molecule has 0 unspecified atom stereocenters. The Hall–Kier alpha value is -3.20. The van der Waals surface area contributed by atoms with Crippen LogP contribution in [0.15, 0.2) is 48.5 Å². The normalized spacial score (nSPS) is 13.3. The predicted molar refractivity (Wildman–Crippen MR) is 110 cm³/mol. The molecule has 2 aromatic carbocycles. The number of hydrogen-bond donors (Lipinski definition) is 2. The topological polar surface area (TPSA) is 97.0 Å². The Morgan fingerprint density at radius 1 is 1.10 bits per heavy atom. The molecular formula is C20H21N3O5S. The molecule has 0 aliphatic carbocycles. The van der Waals surface area contributed by atoms with Gasteiger partial charge in [-0.3, -0.25) is 14.5 Å². The van der Waals surface area contributed by atoms with Crippen LogP contribution in [0.4, 0.5) is 15.3 Å². The van der Waals surface area contributed by atoms with Crippen molar-refractivity contribution in [3.8, 4) is 11.5 Å². The maximum Gasteiger partial charge on any atom is 0.319 e. The highest BCUT2D eigenvalue weighted by atomic mass is 32.2. The summed E-state index contributed by atoms with van der Waals surface area (Å²) in [4.78, 5) is 36.5. The summed E-state index contributed by atoms with van der Waals surface area (Å²) in [6.45, 7) is 0.846. The summed E-state index contributed by atoms with van der Waals surface area (Å²) in [6, 6.07) is 13.9. The number of nitrogens with one attached hydrogen (secondary N) is 2. The smallest absolute Gasteiger partial charge is 0.319 e. The summed E-state index contributed by atoms with van der Waals surface area (Å²) < 4.78 is 10.8. The fourth-order valence-corrected chi connectivity index (χ4v) is 3.37. The van der Waals surface area contributed by atoms with Gasteiger partial charge in [0, 0.05) is 5.69 Å². The zero-order valence-electron chi connectivity index (χ0n) is 15.8. The Morgan fingerprint density at radius 3 is 2.48 bits per heavy atom. The Morgan fingerprint density at radius 2 is 1.83 bits per heavy atom. The first-order valence-electron chi connectivity index (χ1n) is 8.93. The number of imide groups is 1. The Balaban J connectivity index is 1.41. The molecule has 29 heavy (non-hydrogen) atoms. The number of hydrogen-bond acceptors (Lipinski definition) is 6. The molecule has 152 valence electrons. The van der Waals surface area contributed by atoms with E-state index in [1.807, 2.05) is 12.1 Å². The molecule has 2 aromatic rings. The van der Waals surface area contributed by atoms with E-state index in [0.717, 1.165) is 17.3 Å². The number of anilines is 1. The van der Waals surface area contributed by atoms with Crippen LogP contribution in [0.1, 0.15) is 5.56 Å². The van der Waals surface area contributed by atoms with Crippen LogP contribution in [0.3, 0.4) is 0 Å². The molecular weight excluding hydrogens is 394 g/mol. The van der Waals surface area contributed by atoms with E-state index in [9.17, 15) is 14.4 Å². The Labute approximate surface area is 172 Å². The molecule has 1 fully saturated rings. The first kappa shape index (κ1) is 20.5. The van der Waals surface area contributed by atoms with Crippen LogP contribution in [0, 0.1) is 0 Å². The standard InChI is InChI=1S/C20H21N3O5S/c1-27-16-4-2-3-5-17(16)28-11-10-21-19(25)22-15-8-6-14(7-9-15)12-23-18(24)13-29-20(23)26/h2-9H,10-13H2,1H3,(H2,21,22,25). The van der Waals surface area contributed by atoms with Crippen LogP contribution in [-0.2, 0) is 11.3 Å². The van der Waals surface area contributed by atoms with Crippen molar-refractivity contribution in [1.29, 1.82) is 0 Å². The number of carbonyl (C=O) groups is 3. The fourth-order valence-electron chi connectivity index (χ4n) is 2.65. The Bertz CT molecular complexity index is 872. The highest BCUT2D eigenvalue weighted by Crippen LogP contribution is 2.25. The SMILES string of the molecule is COc1ccccc1OCCNC(=O)Nc1ccc(CN2C(=O)CSC2=O)cc1. The monoisotopic (exact) mass is 415 g/mol. The van der Waals surface area contributed by atoms with Gasteiger partial charge in [0.05, 0.1) is 26.0 Å². The third-order valence-electron chi connectivity index (χ3n) is 4.11. The summed E-state index contributed by atoms with van der Waals surface area (Å²) in [5.41, 5.74) is 1.41. The van der Waals surface area contributed by atoms with Crippen LogP contribution in [0.2, 0.25) is 0 Å². The summed E-state index contributed by atoms with van der Waals surface area (Å²) in [6.07, 6.45) is 0. The molecule has 0 bridgehead atoms. The molecule has 4 amide bonds. The van der Waals surface area contributed by atoms with Crippen LogP contribution in [0.5, 0.6) is 11.5 Å².